The molecule has 0 saturated heterocycles. The third-order valence-corrected chi connectivity index (χ3v) is 5.01. The molecule has 0 aliphatic carbocycles. The lowest BCUT2D eigenvalue weighted by atomic mass is 10.1. The number of carbonyl (C=O) groups excluding carboxylic acids is 2. The van der Waals surface area contributed by atoms with E-state index in [0.717, 1.165) is 10.5 Å². The van der Waals surface area contributed by atoms with Gasteiger partial charge in [-0.15, -0.1) is 11.8 Å². The smallest absolute Gasteiger partial charge is 0.296 e. The number of anilines is 1. The molecule has 0 spiro atoms. The summed E-state index contributed by atoms with van der Waals surface area (Å²) in [6, 6.07) is 10.8. The van der Waals surface area contributed by atoms with E-state index in [1.807, 2.05) is 24.3 Å². The van der Waals surface area contributed by atoms with Crippen LogP contribution >= 0.6 is 35.0 Å². The molecule has 1 heterocycles. The van der Waals surface area contributed by atoms with Crippen molar-refractivity contribution in [2.75, 3.05) is 5.32 Å². The first-order valence-electron chi connectivity index (χ1n) is 6.11. The highest BCUT2D eigenvalue weighted by atomic mass is 35.5. The normalized spacial score (nSPS) is 13.2. The summed E-state index contributed by atoms with van der Waals surface area (Å²) < 4.78 is 0. The van der Waals surface area contributed by atoms with Crippen LogP contribution in [0, 0.1) is 0 Å². The lowest BCUT2D eigenvalue weighted by Gasteiger charge is -2.08. The van der Waals surface area contributed by atoms with Crippen molar-refractivity contribution in [3.05, 3.63) is 57.6 Å². The van der Waals surface area contributed by atoms with Gasteiger partial charge in [0, 0.05) is 15.7 Å². The molecule has 1 aliphatic heterocycles. The van der Waals surface area contributed by atoms with Crippen LogP contribution in [-0.2, 0) is 10.5 Å². The molecule has 6 heteroatoms. The molecule has 2 aromatic carbocycles. The third kappa shape index (κ3) is 2.79. The molecule has 0 saturated carbocycles. The van der Waals surface area contributed by atoms with Gasteiger partial charge in [-0.3, -0.25) is 9.59 Å². The van der Waals surface area contributed by atoms with E-state index in [2.05, 4.69) is 5.32 Å². The molecule has 1 amide bonds. The molecule has 0 radical (unpaired) electrons. The minimum atomic E-state index is -0.616. The van der Waals surface area contributed by atoms with E-state index in [9.17, 15) is 9.59 Å². The Morgan fingerprint density at radius 3 is 2.57 bits per heavy atom. The number of fused-ring (bicyclic) bond motifs is 1. The van der Waals surface area contributed by atoms with Gasteiger partial charge >= 0.3 is 0 Å². The van der Waals surface area contributed by atoms with E-state index in [1.165, 1.54) is 17.8 Å². The summed E-state index contributed by atoms with van der Waals surface area (Å²) in [5.74, 6) is -0.510. The zero-order valence-electron chi connectivity index (χ0n) is 10.7. The SMILES string of the molecule is O=C1Nc2cc(SCc3ccccc3Cl)c(Cl)cc2C1=O. The number of benzene rings is 2. The predicted molar refractivity (Wildman–Crippen MR) is 85.4 cm³/mol. The van der Waals surface area contributed by atoms with Gasteiger partial charge in [0.1, 0.15) is 0 Å². The van der Waals surface area contributed by atoms with Gasteiger partial charge in [-0.1, -0.05) is 41.4 Å². The van der Waals surface area contributed by atoms with Crippen molar-refractivity contribution in [2.45, 2.75) is 10.6 Å². The molecule has 0 bridgehead atoms. The Morgan fingerprint density at radius 2 is 1.81 bits per heavy atom. The van der Waals surface area contributed by atoms with Crippen molar-refractivity contribution in [1.29, 1.82) is 0 Å². The number of ketones is 1. The monoisotopic (exact) mass is 337 g/mol. The number of rotatable bonds is 3. The summed E-state index contributed by atoms with van der Waals surface area (Å²) in [6.07, 6.45) is 0. The topological polar surface area (TPSA) is 46.2 Å². The molecule has 3 nitrogen and oxygen atoms in total. The van der Waals surface area contributed by atoms with Crippen LogP contribution in [0.1, 0.15) is 15.9 Å². The number of amides is 1. The first-order valence-corrected chi connectivity index (χ1v) is 7.86. The van der Waals surface area contributed by atoms with Crippen molar-refractivity contribution in [3.63, 3.8) is 0 Å². The van der Waals surface area contributed by atoms with Crippen molar-refractivity contribution in [3.8, 4) is 0 Å². The molecule has 0 atom stereocenters. The van der Waals surface area contributed by atoms with Gasteiger partial charge in [0.15, 0.2) is 0 Å². The maximum Gasteiger partial charge on any atom is 0.296 e. The number of hydrogen-bond donors (Lipinski definition) is 1. The molecule has 106 valence electrons. The number of hydrogen-bond acceptors (Lipinski definition) is 3. The van der Waals surface area contributed by atoms with Crippen molar-refractivity contribution < 1.29 is 9.59 Å². The molecule has 0 fully saturated rings. The molecule has 21 heavy (non-hydrogen) atoms. The average molecular weight is 338 g/mol. The Kier molecular flexibility index (Phi) is 3.93. The van der Waals surface area contributed by atoms with Crippen molar-refractivity contribution in [1.82, 2.24) is 0 Å². The van der Waals surface area contributed by atoms with Crippen LogP contribution in [0.25, 0.3) is 0 Å². The van der Waals surface area contributed by atoms with Gasteiger partial charge < -0.3 is 5.32 Å². The second-order valence-corrected chi connectivity index (χ2v) is 6.32. The van der Waals surface area contributed by atoms with E-state index >= 15 is 0 Å². The molecule has 1 N–H and O–H groups in total. The average Bonchev–Trinajstić information content (AvgIpc) is 2.73. The predicted octanol–water partition coefficient (Wildman–Crippen LogP) is 4.42. The van der Waals surface area contributed by atoms with Crippen LogP contribution < -0.4 is 5.32 Å². The number of thioether (sulfide) groups is 1. The fraction of sp³-hybridized carbons (Fsp3) is 0.0667. The second kappa shape index (κ2) is 5.72. The lowest BCUT2D eigenvalue weighted by Crippen LogP contribution is -2.12. The Balaban J connectivity index is 1.85. The summed E-state index contributed by atoms with van der Waals surface area (Å²) in [7, 11) is 0. The third-order valence-electron chi connectivity index (χ3n) is 3.11. The van der Waals surface area contributed by atoms with Crippen LogP contribution in [0.5, 0.6) is 0 Å². The maximum atomic E-state index is 11.6. The Morgan fingerprint density at radius 1 is 1.05 bits per heavy atom. The fourth-order valence-corrected chi connectivity index (χ4v) is 3.60. The largest absolute Gasteiger partial charge is 0.318 e. The zero-order chi connectivity index (χ0) is 15.0. The fourth-order valence-electron chi connectivity index (χ4n) is 2.03. The van der Waals surface area contributed by atoms with Crippen molar-refractivity contribution >= 4 is 52.3 Å². The van der Waals surface area contributed by atoms with E-state index in [0.29, 0.717) is 27.0 Å². The number of carbonyl (C=O) groups is 2. The van der Waals surface area contributed by atoms with Crippen LogP contribution in [0.4, 0.5) is 5.69 Å². The minimum Gasteiger partial charge on any atom is -0.318 e. The van der Waals surface area contributed by atoms with Gasteiger partial charge in [0.25, 0.3) is 11.7 Å². The van der Waals surface area contributed by atoms with Gasteiger partial charge in [0.05, 0.1) is 16.3 Å². The highest BCUT2D eigenvalue weighted by molar-refractivity contribution is 7.98. The maximum absolute atomic E-state index is 11.6. The van der Waals surface area contributed by atoms with E-state index in [-0.39, 0.29) is 0 Å². The van der Waals surface area contributed by atoms with Gasteiger partial charge in [-0.2, -0.15) is 0 Å². The molecular formula is C15H9Cl2NO2S. The summed E-state index contributed by atoms with van der Waals surface area (Å²) in [4.78, 5) is 23.7. The first-order chi connectivity index (χ1) is 10.1. The van der Waals surface area contributed by atoms with Crippen molar-refractivity contribution in [2.24, 2.45) is 0 Å². The van der Waals surface area contributed by atoms with E-state index in [4.69, 9.17) is 23.2 Å². The summed E-state index contributed by atoms with van der Waals surface area (Å²) in [5.41, 5.74) is 1.84. The van der Waals surface area contributed by atoms with Gasteiger partial charge in [-0.25, -0.2) is 0 Å². The van der Waals surface area contributed by atoms with Crippen LogP contribution in [0.3, 0.4) is 0 Å². The molecule has 0 aromatic heterocycles. The quantitative estimate of drug-likeness (QED) is 0.666. The van der Waals surface area contributed by atoms with E-state index in [1.54, 1.807) is 6.07 Å². The minimum absolute atomic E-state index is 0.326. The van der Waals surface area contributed by atoms with Gasteiger partial charge in [-0.05, 0) is 23.8 Å². The molecule has 3 rings (SSSR count). The molecule has 0 unspecified atom stereocenters. The van der Waals surface area contributed by atoms with E-state index < -0.39 is 11.7 Å². The lowest BCUT2D eigenvalue weighted by molar-refractivity contribution is -0.112. The zero-order valence-corrected chi connectivity index (χ0v) is 13.0. The highest BCUT2D eigenvalue weighted by Crippen LogP contribution is 2.37. The van der Waals surface area contributed by atoms with Gasteiger partial charge in [0.2, 0.25) is 0 Å². The highest BCUT2D eigenvalue weighted by Gasteiger charge is 2.29. The molecular weight excluding hydrogens is 329 g/mol. The summed E-state index contributed by atoms with van der Waals surface area (Å²) in [6.45, 7) is 0. The summed E-state index contributed by atoms with van der Waals surface area (Å²) in [5, 5.41) is 3.69. The number of nitrogens with one attached hydrogen (secondary N) is 1. The second-order valence-electron chi connectivity index (χ2n) is 4.49. The first kappa shape index (κ1) is 14.4. The standard InChI is InChI=1S/C15H9Cl2NO2S/c16-10-4-2-1-3-8(10)7-21-13-6-12-9(5-11(13)17)14(19)15(20)18-12/h1-6H,7H2,(H,18,19,20). The molecule has 2 aromatic rings. The Bertz CT molecular complexity index is 761. The number of halogens is 2. The van der Waals surface area contributed by atoms with Crippen LogP contribution in [0.15, 0.2) is 41.3 Å². The summed E-state index contributed by atoms with van der Waals surface area (Å²) >= 11 is 13.8. The number of Topliss-reactive ketones (excluding diaryl/α,β-unsaturated/α-hetero) is 1. The molecule has 1 aliphatic rings. The van der Waals surface area contributed by atoms with Crippen LogP contribution in [-0.4, -0.2) is 11.7 Å². The Hall–Kier alpha value is -1.49. The van der Waals surface area contributed by atoms with Crippen LogP contribution in [0.2, 0.25) is 10.0 Å². The Labute approximate surface area is 135 Å².